The highest BCUT2D eigenvalue weighted by Crippen LogP contribution is 2.38. The van der Waals surface area contributed by atoms with E-state index >= 15 is 0 Å². The van der Waals surface area contributed by atoms with Gasteiger partial charge in [-0.2, -0.15) is 0 Å². The summed E-state index contributed by atoms with van der Waals surface area (Å²) < 4.78 is 10.7. The van der Waals surface area contributed by atoms with Gasteiger partial charge in [-0.05, 0) is 31.4 Å². The third-order valence-corrected chi connectivity index (χ3v) is 4.33. The Morgan fingerprint density at radius 3 is 3.10 bits per heavy atom. The van der Waals surface area contributed by atoms with Crippen LogP contribution in [-0.4, -0.2) is 49.3 Å². The van der Waals surface area contributed by atoms with Crippen LogP contribution in [0.1, 0.15) is 18.4 Å². The predicted molar refractivity (Wildman–Crippen MR) is 78.6 cm³/mol. The molecule has 2 fully saturated rings. The summed E-state index contributed by atoms with van der Waals surface area (Å²) in [6.45, 7) is 5.05. The molecule has 2 aliphatic rings. The number of methoxy groups -OCH3 is 1. The van der Waals surface area contributed by atoms with Crippen molar-refractivity contribution >= 4 is 11.7 Å². The summed E-state index contributed by atoms with van der Waals surface area (Å²) in [4.78, 5) is 18.5. The first-order valence-electron chi connectivity index (χ1n) is 7.26. The number of pyridine rings is 1. The molecule has 2 saturated heterocycles. The van der Waals surface area contributed by atoms with Crippen molar-refractivity contribution in [1.82, 2.24) is 9.88 Å². The smallest absolute Gasteiger partial charge is 0.322 e. The Bertz CT molecular complexity index is 541. The first kappa shape index (κ1) is 14.1. The van der Waals surface area contributed by atoms with Gasteiger partial charge >= 0.3 is 6.03 Å². The lowest BCUT2D eigenvalue weighted by Gasteiger charge is -2.22. The van der Waals surface area contributed by atoms with Crippen molar-refractivity contribution in [2.75, 3.05) is 38.7 Å². The number of aromatic nitrogens is 1. The van der Waals surface area contributed by atoms with Gasteiger partial charge in [-0.25, -0.2) is 9.78 Å². The number of anilines is 1. The zero-order valence-corrected chi connectivity index (χ0v) is 12.5. The van der Waals surface area contributed by atoms with Crippen LogP contribution in [0.15, 0.2) is 12.3 Å². The number of hydrogen-bond donors (Lipinski definition) is 1. The third kappa shape index (κ3) is 2.81. The number of nitrogens with zero attached hydrogens (tertiary/aromatic N) is 2. The van der Waals surface area contributed by atoms with E-state index in [2.05, 4.69) is 10.3 Å². The molecule has 0 saturated carbocycles. The number of urea groups is 1. The number of rotatable bonds is 2. The number of amides is 2. The molecule has 1 unspecified atom stereocenters. The minimum atomic E-state index is -0.0931. The molecule has 0 bridgehead atoms. The summed E-state index contributed by atoms with van der Waals surface area (Å²) in [7, 11) is 1.55. The number of ether oxygens (including phenoxy) is 2. The molecule has 1 aromatic heterocycles. The fourth-order valence-electron chi connectivity index (χ4n) is 3.08. The fourth-order valence-corrected chi connectivity index (χ4v) is 3.08. The molecule has 1 N–H and O–H groups in total. The van der Waals surface area contributed by atoms with E-state index in [0.717, 1.165) is 44.7 Å². The van der Waals surface area contributed by atoms with Crippen LogP contribution in [0, 0.1) is 12.3 Å². The van der Waals surface area contributed by atoms with Gasteiger partial charge in [0.15, 0.2) is 0 Å². The largest absolute Gasteiger partial charge is 0.480 e. The predicted octanol–water partition coefficient (Wildman–Crippen LogP) is 2.04. The second-order valence-corrected chi connectivity index (χ2v) is 5.97. The summed E-state index contributed by atoms with van der Waals surface area (Å²) in [5.41, 5.74) is 1.77. The lowest BCUT2D eigenvalue weighted by molar-refractivity contribution is 0.154. The number of aryl methyl sites for hydroxylation is 1. The molecule has 0 aromatic carbocycles. The molecule has 2 amide bonds. The minimum Gasteiger partial charge on any atom is -0.480 e. The van der Waals surface area contributed by atoms with E-state index in [1.165, 1.54) is 0 Å². The topological polar surface area (TPSA) is 63.7 Å². The minimum absolute atomic E-state index is 0.0931. The molecule has 1 atom stereocenters. The SMILES string of the molecule is COc1ncc(C)cc1NC(=O)N1CCC2(CCOC2)C1. The summed E-state index contributed by atoms with van der Waals surface area (Å²) in [6.07, 6.45) is 3.78. The van der Waals surface area contributed by atoms with Gasteiger partial charge in [0.05, 0.1) is 13.7 Å². The summed E-state index contributed by atoms with van der Waals surface area (Å²) in [5.74, 6) is 0.437. The van der Waals surface area contributed by atoms with Crippen LogP contribution in [0.3, 0.4) is 0 Å². The maximum Gasteiger partial charge on any atom is 0.322 e. The van der Waals surface area contributed by atoms with E-state index < -0.39 is 0 Å². The van der Waals surface area contributed by atoms with Crippen LogP contribution in [0.2, 0.25) is 0 Å². The molecule has 2 aliphatic heterocycles. The van der Waals surface area contributed by atoms with Crippen molar-refractivity contribution in [2.45, 2.75) is 19.8 Å². The van der Waals surface area contributed by atoms with Crippen LogP contribution in [0.5, 0.6) is 5.88 Å². The second-order valence-electron chi connectivity index (χ2n) is 5.97. The van der Waals surface area contributed by atoms with Crippen LogP contribution in [-0.2, 0) is 4.74 Å². The summed E-state index contributed by atoms with van der Waals surface area (Å²) in [6, 6.07) is 1.78. The van der Waals surface area contributed by atoms with Crippen LogP contribution >= 0.6 is 0 Å². The molecule has 6 heteroatoms. The van der Waals surface area contributed by atoms with E-state index in [1.54, 1.807) is 13.3 Å². The molecule has 0 aliphatic carbocycles. The van der Waals surface area contributed by atoms with Gasteiger partial charge in [0.2, 0.25) is 5.88 Å². The number of likely N-dealkylation sites (tertiary alicyclic amines) is 1. The number of carbonyl (C=O) groups is 1. The van der Waals surface area contributed by atoms with E-state index in [4.69, 9.17) is 9.47 Å². The highest BCUT2D eigenvalue weighted by molar-refractivity contribution is 5.90. The van der Waals surface area contributed by atoms with Crippen molar-refractivity contribution in [2.24, 2.45) is 5.41 Å². The van der Waals surface area contributed by atoms with E-state index in [9.17, 15) is 4.79 Å². The van der Waals surface area contributed by atoms with Crippen LogP contribution in [0.25, 0.3) is 0 Å². The number of carbonyl (C=O) groups excluding carboxylic acids is 1. The zero-order valence-electron chi connectivity index (χ0n) is 12.5. The van der Waals surface area contributed by atoms with Crippen LogP contribution in [0.4, 0.5) is 10.5 Å². The molecule has 6 nitrogen and oxygen atoms in total. The maximum absolute atomic E-state index is 12.4. The van der Waals surface area contributed by atoms with Gasteiger partial charge in [0.25, 0.3) is 0 Å². The maximum atomic E-state index is 12.4. The monoisotopic (exact) mass is 291 g/mol. The van der Waals surface area contributed by atoms with Gasteiger partial charge in [0, 0.05) is 31.3 Å². The van der Waals surface area contributed by atoms with Gasteiger partial charge < -0.3 is 19.7 Å². The van der Waals surface area contributed by atoms with Crippen LogP contribution < -0.4 is 10.1 Å². The molecule has 0 radical (unpaired) electrons. The first-order chi connectivity index (χ1) is 10.1. The second kappa shape index (κ2) is 5.52. The van der Waals surface area contributed by atoms with Crippen molar-refractivity contribution in [3.8, 4) is 5.88 Å². The van der Waals surface area contributed by atoms with Gasteiger partial charge in [-0.1, -0.05) is 0 Å². The van der Waals surface area contributed by atoms with E-state index in [1.807, 2.05) is 17.9 Å². The molecule has 3 rings (SSSR count). The fraction of sp³-hybridized carbons (Fsp3) is 0.600. The Balaban J connectivity index is 1.68. The van der Waals surface area contributed by atoms with Crippen molar-refractivity contribution < 1.29 is 14.3 Å². The van der Waals surface area contributed by atoms with Crippen molar-refractivity contribution in [3.05, 3.63) is 17.8 Å². The normalized spacial score (nSPS) is 24.6. The average molecular weight is 291 g/mol. The lowest BCUT2D eigenvalue weighted by Crippen LogP contribution is -2.35. The molecule has 3 heterocycles. The highest BCUT2D eigenvalue weighted by Gasteiger charge is 2.42. The molecular weight excluding hydrogens is 270 g/mol. The van der Waals surface area contributed by atoms with Crippen molar-refractivity contribution in [3.63, 3.8) is 0 Å². The Morgan fingerprint density at radius 1 is 1.52 bits per heavy atom. The Hall–Kier alpha value is -1.82. The van der Waals surface area contributed by atoms with E-state index in [0.29, 0.717) is 11.6 Å². The molecule has 1 spiro atoms. The summed E-state index contributed by atoms with van der Waals surface area (Å²) >= 11 is 0. The number of nitrogens with one attached hydrogen (secondary N) is 1. The average Bonchev–Trinajstić information content (AvgIpc) is 3.10. The molecule has 114 valence electrons. The molecule has 21 heavy (non-hydrogen) atoms. The highest BCUT2D eigenvalue weighted by atomic mass is 16.5. The van der Waals surface area contributed by atoms with Crippen molar-refractivity contribution in [1.29, 1.82) is 0 Å². The Morgan fingerprint density at radius 2 is 2.38 bits per heavy atom. The van der Waals surface area contributed by atoms with Gasteiger partial charge in [0.1, 0.15) is 5.69 Å². The molecule has 1 aromatic rings. The standard InChI is InChI=1S/C15H21N3O3/c1-11-7-12(13(20-2)16-8-11)17-14(19)18-5-3-15(9-18)4-6-21-10-15/h7-8H,3-6,9-10H2,1-2H3,(H,17,19). The quantitative estimate of drug-likeness (QED) is 0.905. The van der Waals surface area contributed by atoms with Gasteiger partial charge in [-0.3, -0.25) is 0 Å². The summed E-state index contributed by atoms with van der Waals surface area (Å²) in [5, 5.41) is 2.91. The van der Waals surface area contributed by atoms with Gasteiger partial charge in [-0.15, -0.1) is 0 Å². The first-order valence-corrected chi connectivity index (χ1v) is 7.26. The Kier molecular flexibility index (Phi) is 3.71. The number of hydrogen-bond acceptors (Lipinski definition) is 4. The Labute approximate surface area is 124 Å². The molecular formula is C15H21N3O3. The zero-order chi connectivity index (χ0) is 14.9. The third-order valence-electron chi connectivity index (χ3n) is 4.33. The lowest BCUT2D eigenvalue weighted by atomic mass is 9.87. The van der Waals surface area contributed by atoms with E-state index in [-0.39, 0.29) is 11.4 Å².